The zero-order valence-corrected chi connectivity index (χ0v) is 14.2. The van der Waals surface area contributed by atoms with Gasteiger partial charge in [-0.05, 0) is 36.0 Å². The molecule has 26 heavy (non-hydrogen) atoms. The fourth-order valence-corrected chi connectivity index (χ4v) is 2.49. The third-order valence-electron chi connectivity index (χ3n) is 3.45. The number of nitro groups is 1. The molecule has 3 aromatic rings. The van der Waals surface area contributed by atoms with E-state index in [1.165, 1.54) is 24.3 Å². The Kier molecular flexibility index (Phi) is 5.18. The second kappa shape index (κ2) is 7.70. The normalized spacial score (nSPS) is 10.3. The highest BCUT2D eigenvalue weighted by Crippen LogP contribution is 2.17. The summed E-state index contributed by atoms with van der Waals surface area (Å²) < 4.78 is 14.6. The van der Waals surface area contributed by atoms with Crippen LogP contribution in [-0.4, -0.2) is 19.8 Å². The van der Waals surface area contributed by atoms with Crippen LogP contribution in [-0.2, 0) is 6.54 Å². The zero-order chi connectivity index (χ0) is 18.5. The Morgan fingerprint density at radius 1 is 1.19 bits per heavy atom. The maximum Gasteiger partial charge on any atom is 0.271 e. The van der Waals surface area contributed by atoms with Gasteiger partial charge in [0.2, 0.25) is 0 Å². The summed E-state index contributed by atoms with van der Waals surface area (Å²) in [6.07, 6.45) is 1.77. The van der Waals surface area contributed by atoms with Crippen LogP contribution in [0.25, 0.3) is 0 Å². The standard InChI is InChI=1S/C17H14FN5O2S/c18-13-6-4-12(5-7-13)11-22-9-8-16(21-22)20-17(26)19-14-2-1-3-15(10-14)23(24)25/h1-10H,11H2,(H2,19,20,21,26). The van der Waals surface area contributed by atoms with Gasteiger partial charge in [-0.3, -0.25) is 14.8 Å². The molecule has 0 aliphatic rings. The van der Waals surface area contributed by atoms with E-state index in [0.717, 1.165) is 5.56 Å². The van der Waals surface area contributed by atoms with Gasteiger partial charge in [0.1, 0.15) is 5.82 Å². The lowest BCUT2D eigenvalue weighted by molar-refractivity contribution is -0.384. The quantitative estimate of drug-likeness (QED) is 0.403. The Bertz CT molecular complexity index is 942. The van der Waals surface area contributed by atoms with Crippen molar-refractivity contribution in [2.24, 2.45) is 0 Å². The van der Waals surface area contributed by atoms with E-state index in [9.17, 15) is 14.5 Å². The summed E-state index contributed by atoms with van der Waals surface area (Å²) in [4.78, 5) is 10.3. The lowest BCUT2D eigenvalue weighted by atomic mass is 10.2. The van der Waals surface area contributed by atoms with Crippen LogP contribution in [0.15, 0.2) is 60.8 Å². The molecule has 1 heterocycles. The number of anilines is 2. The number of benzene rings is 2. The van der Waals surface area contributed by atoms with Crippen molar-refractivity contribution in [3.8, 4) is 0 Å². The number of hydrogen-bond donors (Lipinski definition) is 2. The van der Waals surface area contributed by atoms with Crippen molar-refractivity contribution in [2.75, 3.05) is 10.6 Å². The van der Waals surface area contributed by atoms with Crippen LogP contribution < -0.4 is 10.6 Å². The summed E-state index contributed by atoms with van der Waals surface area (Å²) in [6.45, 7) is 0.493. The van der Waals surface area contributed by atoms with Gasteiger partial charge >= 0.3 is 0 Å². The van der Waals surface area contributed by atoms with Gasteiger partial charge < -0.3 is 10.6 Å². The average molecular weight is 371 g/mol. The van der Waals surface area contributed by atoms with Crippen molar-refractivity contribution < 1.29 is 9.31 Å². The molecular weight excluding hydrogens is 357 g/mol. The van der Waals surface area contributed by atoms with Crippen molar-refractivity contribution in [3.05, 3.63) is 82.3 Å². The molecular formula is C17H14FN5O2S. The Balaban J connectivity index is 1.60. The fourth-order valence-electron chi connectivity index (χ4n) is 2.27. The molecule has 3 rings (SSSR count). The first-order valence-corrected chi connectivity index (χ1v) is 8.01. The van der Waals surface area contributed by atoms with E-state index in [1.807, 2.05) is 0 Å². The molecule has 9 heteroatoms. The Morgan fingerprint density at radius 2 is 1.96 bits per heavy atom. The van der Waals surface area contributed by atoms with Crippen LogP contribution >= 0.6 is 12.2 Å². The van der Waals surface area contributed by atoms with E-state index in [0.29, 0.717) is 18.1 Å². The minimum Gasteiger partial charge on any atom is -0.332 e. The fraction of sp³-hybridized carbons (Fsp3) is 0.0588. The summed E-state index contributed by atoms with van der Waals surface area (Å²) in [5, 5.41) is 21.2. The molecule has 0 aliphatic carbocycles. The molecule has 0 saturated heterocycles. The van der Waals surface area contributed by atoms with Crippen LogP contribution in [0.4, 0.5) is 21.6 Å². The largest absolute Gasteiger partial charge is 0.332 e. The summed E-state index contributed by atoms with van der Waals surface area (Å²) in [5.74, 6) is 0.240. The van der Waals surface area contributed by atoms with Crippen LogP contribution in [0.3, 0.4) is 0 Å². The van der Waals surface area contributed by atoms with Crippen molar-refractivity contribution in [3.63, 3.8) is 0 Å². The summed E-state index contributed by atoms with van der Waals surface area (Å²) in [7, 11) is 0. The van der Waals surface area contributed by atoms with Crippen molar-refractivity contribution in [1.29, 1.82) is 0 Å². The predicted octanol–water partition coefficient (Wildman–Crippen LogP) is 3.79. The third kappa shape index (κ3) is 4.61. The maximum atomic E-state index is 12.9. The number of aromatic nitrogens is 2. The van der Waals surface area contributed by atoms with E-state index < -0.39 is 4.92 Å². The summed E-state index contributed by atoms with van der Waals surface area (Å²) >= 11 is 5.20. The summed E-state index contributed by atoms with van der Waals surface area (Å²) in [6, 6.07) is 14.0. The average Bonchev–Trinajstić information content (AvgIpc) is 3.04. The molecule has 0 unspecified atom stereocenters. The van der Waals surface area contributed by atoms with Crippen molar-refractivity contribution >= 4 is 34.5 Å². The van der Waals surface area contributed by atoms with Gasteiger partial charge in [0.25, 0.3) is 5.69 Å². The molecule has 0 amide bonds. The molecule has 0 bridgehead atoms. The number of thiocarbonyl (C=S) groups is 1. The molecule has 7 nitrogen and oxygen atoms in total. The number of hydrogen-bond acceptors (Lipinski definition) is 4. The van der Waals surface area contributed by atoms with Gasteiger partial charge in [-0.1, -0.05) is 18.2 Å². The Morgan fingerprint density at radius 3 is 2.69 bits per heavy atom. The van der Waals surface area contributed by atoms with Gasteiger partial charge in [-0.25, -0.2) is 4.39 Å². The van der Waals surface area contributed by atoms with E-state index in [-0.39, 0.29) is 16.6 Å². The second-order valence-corrected chi connectivity index (χ2v) is 5.82. The highest BCUT2D eigenvalue weighted by atomic mass is 32.1. The minimum absolute atomic E-state index is 0.0265. The van der Waals surface area contributed by atoms with E-state index in [2.05, 4.69) is 15.7 Å². The highest BCUT2D eigenvalue weighted by Gasteiger charge is 2.07. The molecule has 0 spiro atoms. The third-order valence-corrected chi connectivity index (χ3v) is 3.66. The van der Waals surface area contributed by atoms with E-state index in [1.54, 1.807) is 41.2 Å². The number of non-ortho nitro benzene ring substituents is 1. The van der Waals surface area contributed by atoms with Gasteiger partial charge in [0.15, 0.2) is 10.9 Å². The molecule has 0 aliphatic heterocycles. The van der Waals surface area contributed by atoms with Gasteiger partial charge in [0.05, 0.1) is 11.5 Å². The van der Waals surface area contributed by atoms with Crippen LogP contribution in [0.5, 0.6) is 0 Å². The second-order valence-electron chi connectivity index (χ2n) is 5.41. The number of halogens is 1. The first-order chi connectivity index (χ1) is 12.5. The highest BCUT2D eigenvalue weighted by molar-refractivity contribution is 7.80. The lowest BCUT2D eigenvalue weighted by Gasteiger charge is -2.08. The van der Waals surface area contributed by atoms with Gasteiger partial charge in [0, 0.05) is 30.1 Å². The number of nitro benzene ring substituents is 1. The first kappa shape index (κ1) is 17.5. The minimum atomic E-state index is -0.473. The van der Waals surface area contributed by atoms with E-state index in [4.69, 9.17) is 12.2 Å². The first-order valence-electron chi connectivity index (χ1n) is 7.60. The van der Waals surface area contributed by atoms with Crippen LogP contribution in [0.1, 0.15) is 5.56 Å². The monoisotopic (exact) mass is 371 g/mol. The van der Waals surface area contributed by atoms with Crippen LogP contribution in [0, 0.1) is 15.9 Å². The SMILES string of the molecule is O=[N+]([O-])c1cccc(NC(=S)Nc2ccn(Cc3ccc(F)cc3)n2)c1. The maximum absolute atomic E-state index is 12.9. The number of rotatable bonds is 5. The van der Waals surface area contributed by atoms with E-state index >= 15 is 0 Å². The molecule has 2 aromatic carbocycles. The zero-order valence-electron chi connectivity index (χ0n) is 13.4. The van der Waals surface area contributed by atoms with Crippen molar-refractivity contribution in [1.82, 2.24) is 9.78 Å². The predicted molar refractivity (Wildman–Crippen MR) is 101 cm³/mol. The van der Waals surface area contributed by atoms with Crippen molar-refractivity contribution in [2.45, 2.75) is 6.54 Å². The Labute approximate surface area is 153 Å². The van der Waals surface area contributed by atoms with Gasteiger partial charge in [-0.15, -0.1) is 0 Å². The topological polar surface area (TPSA) is 85.0 Å². The number of nitrogens with one attached hydrogen (secondary N) is 2. The molecule has 0 atom stereocenters. The molecule has 0 fully saturated rings. The molecule has 0 saturated carbocycles. The van der Waals surface area contributed by atoms with Crippen LogP contribution in [0.2, 0.25) is 0 Å². The molecule has 2 N–H and O–H groups in total. The lowest BCUT2D eigenvalue weighted by Crippen LogP contribution is -2.19. The smallest absolute Gasteiger partial charge is 0.271 e. The molecule has 1 aromatic heterocycles. The molecule has 132 valence electrons. The van der Waals surface area contributed by atoms with Gasteiger partial charge in [-0.2, -0.15) is 5.10 Å². The number of nitrogens with zero attached hydrogens (tertiary/aromatic N) is 3. The Hall–Kier alpha value is -3.33. The molecule has 0 radical (unpaired) electrons. The summed E-state index contributed by atoms with van der Waals surface area (Å²) in [5.41, 5.74) is 1.39.